The summed E-state index contributed by atoms with van der Waals surface area (Å²) in [5.41, 5.74) is 4.60. The van der Waals surface area contributed by atoms with Crippen molar-refractivity contribution in [1.29, 1.82) is 0 Å². The van der Waals surface area contributed by atoms with Gasteiger partial charge in [-0.15, -0.1) is 0 Å². The van der Waals surface area contributed by atoms with Gasteiger partial charge >= 0.3 is 0 Å². The second-order valence-electron chi connectivity index (χ2n) is 9.38. The standard InChI is InChI=1S/C28H25ClN6O2/c1-33-24-9-6-20(15-21(24)16-31-33)28(37)34-13-10-19(11-14-34)18-4-7-22(8-5-18)32-27(36)25-17-30-26-23(29)3-2-12-35(25)26/h2-9,12,15-17,19H,10-11,13-14H2,1H3,(H,32,36). The number of nitrogens with zero attached hydrogens (tertiary/aromatic N) is 5. The topological polar surface area (TPSA) is 84.5 Å². The summed E-state index contributed by atoms with van der Waals surface area (Å²) in [6.07, 6.45) is 6.87. The van der Waals surface area contributed by atoms with E-state index in [-0.39, 0.29) is 11.8 Å². The zero-order valence-electron chi connectivity index (χ0n) is 20.3. The SMILES string of the molecule is Cn1ncc2cc(C(=O)N3CCC(c4ccc(NC(=O)c5cnc6c(Cl)cccn56)cc4)CC3)ccc21. The van der Waals surface area contributed by atoms with E-state index in [0.717, 1.165) is 23.7 Å². The number of carbonyl (C=O) groups excluding carboxylic acids is 2. The molecule has 9 heteroatoms. The molecule has 1 saturated heterocycles. The third-order valence-corrected chi connectivity index (χ3v) is 7.43. The largest absolute Gasteiger partial charge is 0.339 e. The number of aryl methyl sites for hydroxylation is 1. The summed E-state index contributed by atoms with van der Waals surface area (Å²) >= 11 is 6.17. The number of likely N-dealkylation sites (tertiary alicyclic amines) is 1. The van der Waals surface area contributed by atoms with Crippen molar-refractivity contribution >= 4 is 45.7 Å². The van der Waals surface area contributed by atoms with Crippen molar-refractivity contribution in [3.8, 4) is 0 Å². The molecule has 0 bridgehead atoms. The maximum Gasteiger partial charge on any atom is 0.274 e. The molecule has 4 heterocycles. The van der Waals surface area contributed by atoms with Gasteiger partial charge in [0.2, 0.25) is 0 Å². The number of amides is 2. The molecule has 2 aromatic carbocycles. The van der Waals surface area contributed by atoms with Gasteiger partial charge in [-0.3, -0.25) is 18.7 Å². The second kappa shape index (κ2) is 9.37. The minimum Gasteiger partial charge on any atom is -0.339 e. The minimum atomic E-state index is -0.251. The number of benzene rings is 2. The second-order valence-corrected chi connectivity index (χ2v) is 9.78. The minimum absolute atomic E-state index is 0.0657. The molecule has 2 amide bonds. The summed E-state index contributed by atoms with van der Waals surface area (Å²) in [6, 6.07) is 17.2. The highest BCUT2D eigenvalue weighted by molar-refractivity contribution is 6.33. The molecule has 186 valence electrons. The Morgan fingerprint density at radius 1 is 1.03 bits per heavy atom. The van der Waals surface area contributed by atoms with Crippen LogP contribution >= 0.6 is 11.6 Å². The van der Waals surface area contributed by atoms with Crippen LogP contribution in [0.4, 0.5) is 5.69 Å². The number of aromatic nitrogens is 4. The van der Waals surface area contributed by atoms with Crippen molar-refractivity contribution in [3.05, 3.63) is 95.0 Å². The summed E-state index contributed by atoms with van der Waals surface area (Å²) in [7, 11) is 1.90. The van der Waals surface area contributed by atoms with E-state index in [4.69, 9.17) is 11.6 Å². The Morgan fingerprint density at radius 2 is 1.81 bits per heavy atom. The first-order chi connectivity index (χ1) is 18.0. The van der Waals surface area contributed by atoms with Crippen LogP contribution in [0.25, 0.3) is 16.6 Å². The molecule has 0 unspecified atom stereocenters. The van der Waals surface area contributed by atoms with Crippen LogP contribution in [0.2, 0.25) is 5.02 Å². The van der Waals surface area contributed by atoms with Gasteiger partial charge in [0.15, 0.2) is 5.65 Å². The smallest absolute Gasteiger partial charge is 0.274 e. The maximum atomic E-state index is 13.1. The summed E-state index contributed by atoms with van der Waals surface area (Å²) in [4.78, 5) is 32.1. The monoisotopic (exact) mass is 512 g/mol. The van der Waals surface area contributed by atoms with E-state index >= 15 is 0 Å². The molecule has 1 fully saturated rings. The van der Waals surface area contributed by atoms with Crippen molar-refractivity contribution in [2.45, 2.75) is 18.8 Å². The Labute approximate surface area is 218 Å². The van der Waals surface area contributed by atoms with Gasteiger partial charge in [-0.2, -0.15) is 5.10 Å². The fourth-order valence-corrected chi connectivity index (χ4v) is 5.29. The predicted molar refractivity (Wildman–Crippen MR) is 143 cm³/mol. The average molecular weight is 513 g/mol. The van der Waals surface area contributed by atoms with Crippen LogP contribution in [0.3, 0.4) is 0 Å². The normalized spacial score (nSPS) is 14.4. The highest BCUT2D eigenvalue weighted by Crippen LogP contribution is 2.30. The zero-order chi connectivity index (χ0) is 25.5. The van der Waals surface area contributed by atoms with Crippen LogP contribution in [0.1, 0.15) is 45.2 Å². The molecular weight excluding hydrogens is 488 g/mol. The van der Waals surface area contributed by atoms with Crippen LogP contribution in [-0.4, -0.2) is 49.0 Å². The number of pyridine rings is 1. The first-order valence-electron chi connectivity index (χ1n) is 12.2. The lowest BCUT2D eigenvalue weighted by Crippen LogP contribution is -2.37. The van der Waals surface area contributed by atoms with Crippen molar-refractivity contribution in [1.82, 2.24) is 24.1 Å². The molecule has 1 aliphatic rings. The van der Waals surface area contributed by atoms with Crippen LogP contribution < -0.4 is 5.32 Å². The molecule has 1 aliphatic heterocycles. The van der Waals surface area contributed by atoms with Crippen LogP contribution in [0.15, 0.2) is 73.2 Å². The molecule has 6 rings (SSSR count). The summed E-state index contributed by atoms with van der Waals surface area (Å²) < 4.78 is 3.48. The molecule has 1 N–H and O–H groups in total. The fourth-order valence-electron chi connectivity index (χ4n) is 5.07. The molecule has 0 saturated carbocycles. The van der Waals surface area contributed by atoms with E-state index in [9.17, 15) is 9.59 Å². The number of hydrogen-bond acceptors (Lipinski definition) is 4. The number of rotatable bonds is 4. The molecule has 0 atom stereocenters. The van der Waals surface area contributed by atoms with Gasteiger partial charge in [-0.25, -0.2) is 4.98 Å². The Hall–Kier alpha value is -4.17. The van der Waals surface area contributed by atoms with Crippen LogP contribution in [0.5, 0.6) is 0 Å². The summed E-state index contributed by atoms with van der Waals surface area (Å²) in [5, 5.41) is 8.67. The first kappa shape index (κ1) is 23.2. The molecule has 3 aromatic heterocycles. The number of fused-ring (bicyclic) bond motifs is 2. The van der Waals surface area contributed by atoms with E-state index < -0.39 is 0 Å². The lowest BCUT2D eigenvalue weighted by atomic mass is 9.89. The average Bonchev–Trinajstić information content (AvgIpc) is 3.53. The van der Waals surface area contributed by atoms with Gasteiger partial charge in [-0.1, -0.05) is 23.7 Å². The van der Waals surface area contributed by atoms with E-state index in [1.807, 2.05) is 47.0 Å². The van der Waals surface area contributed by atoms with E-state index in [1.165, 1.54) is 11.8 Å². The van der Waals surface area contributed by atoms with E-state index in [2.05, 4.69) is 27.5 Å². The molecular formula is C28H25ClN6O2. The number of carbonyl (C=O) groups is 2. The molecule has 0 spiro atoms. The Morgan fingerprint density at radius 3 is 2.59 bits per heavy atom. The van der Waals surface area contributed by atoms with Crippen molar-refractivity contribution in [3.63, 3.8) is 0 Å². The quantitative estimate of drug-likeness (QED) is 0.361. The number of halogens is 1. The maximum absolute atomic E-state index is 13.1. The van der Waals surface area contributed by atoms with Gasteiger partial charge in [-0.05, 0) is 66.8 Å². The lowest BCUT2D eigenvalue weighted by molar-refractivity contribution is 0.0713. The highest BCUT2D eigenvalue weighted by Gasteiger charge is 2.25. The highest BCUT2D eigenvalue weighted by atomic mass is 35.5. The molecule has 37 heavy (non-hydrogen) atoms. The number of anilines is 1. The Balaban J connectivity index is 1.08. The van der Waals surface area contributed by atoms with Gasteiger partial charge in [0, 0.05) is 43.0 Å². The summed E-state index contributed by atoms with van der Waals surface area (Å²) in [6.45, 7) is 1.42. The molecule has 0 aliphatic carbocycles. The number of piperidine rings is 1. The van der Waals surface area contributed by atoms with Crippen molar-refractivity contribution in [2.24, 2.45) is 7.05 Å². The molecule has 0 radical (unpaired) electrons. The van der Waals surface area contributed by atoms with E-state index in [1.54, 1.807) is 28.9 Å². The summed E-state index contributed by atoms with van der Waals surface area (Å²) in [5.74, 6) is 0.185. The van der Waals surface area contributed by atoms with Gasteiger partial charge in [0.05, 0.1) is 22.9 Å². The first-order valence-corrected chi connectivity index (χ1v) is 12.6. The third kappa shape index (κ3) is 4.34. The van der Waals surface area contributed by atoms with Gasteiger partial charge < -0.3 is 10.2 Å². The number of hydrogen-bond donors (Lipinski definition) is 1. The Bertz CT molecular complexity index is 1630. The zero-order valence-corrected chi connectivity index (χ0v) is 21.0. The van der Waals surface area contributed by atoms with E-state index in [0.29, 0.717) is 46.6 Å². The molecule has 5 aromatic rings. The van der Waals surface area contributed by atoms with Crippen LogP contribution in [0, 0.1) is 0 Å². The lowest BCUT2D eigenvalue weighted by Gasteiger charge is -2.32. The molecule has 8 nitrogen and oxygen atoms in total. The van der Waals surface area contributed by atoms with Gasteiger partial charge in [0.25, 0.3) is 11.8 Å². The number of nitrogens with one attached hydrogen (secondary N) is 1. The number of imidazole rings is 1. The fraction of sp³-hybridized carbons (Fsp3) is 0.214. The van der Waals surface area contributed by atoms with Crippen LogP contribution in [-0.2, 0) is 7.05 Å². The Kier molecular flexibility index (Phi) is 5.88. The van der Waals surface area contributed by atoms with Gasteiger partial charge in [0.1, 0.15) is 5.69 Å². The predicted octanol–water partition coefficient (Wildman–Crippen LogP) is 5.15. The van der Waals surface area contributed by atoms with Crippen molar-refractivity contribution < 1.29 is 9.59 Å². The third-order valence-electron chi connectivity index (χ3n) is 7.14. The van der Waals surface area contributed by atoms with Crippen molar-refractivity contribution in [2.75, 3.05) is 18.4 Å².